The zero-order valence-corrected chi connectivity index (χ0v) is 17.9. The van der Waals surface area contributed by atoms with Crippen LogP contribution in [0.2, 0.25) is 0 Å². The van der Waals surface area contributed by atoms with Crippen LogP contribution in [0.3, 0.4) is 0 Å². The fourth-order valence-electron chi connectivity index (χ4n) is 2.86. The van der Waals surface area contributed by atoms with Crippen LogP contribution < -0.4 is 24.8 Å². The van der Waals surface area contributed by atoms with Gasteiger partial charge in [-0.05, 0) is 12.1 Å². The maximum Gasteiger partial charge on any atom is 0.317 e. The molecule has 1 heterocycles. The Morgan fingerprint density at radius 3 is 2.23 bits per heavy atom. The number of nitrogens with one attached hydrogen (secondary N) is 3. The van der Waals surface area contributed by atoms with Crippen molar-refractivity contribution in [3.8, 4) is 17.2 Å². The Kier molecular flexibility index (Phi) is 9.88. The second kappa shape index (κ2) is 12.6. The number of fused-ring (bicyclic) bond motifs is 1. The number of aromatic nitrogens is 1. The number of H-pyrrole nitrogens is 1. The molecule has 2 aromatic rings. The monoisotopic (exact) mass is 439 g/mol. The van der Waals surface area contributed by atoms with E-state index in [2.05, 4.69) is 15.6 Å². The Morgan fingerprint density at radius 2 is 1.61 bits per heavy atom. The van der Waals surface area contributed by atoms with E-state index in [9.17, 15) is 9.59 Å². The summed E-state index contributed by atoms with van der Waals surface area (Å²) in [6.07, 6.45) is 0. The summed E-state index contributed by atoms with van der Waals surface area (Å²) in [6.45, 7) is 2.17. The standard InChI is InChI=1S/C20H29N3O8/c1-27-15-11-13-10-14(23-17(13)19(29-3)18(15)28-2)20(26)22-5-7-31-9-8-30-6-4-21-12-16(24)25/h10-11,21,23H,4-9,12H2,1-3H3,(H,22,26)(H,24,25). The first kappa shape index (κ1) is 24.3. The number of hydrogen-bond acceptors (Lipinski definition) is 8. The molecule has 4 N–H and O–H groups in total. The van der Waals surface area contributed by atoms with Crippen LogP contribution in [0.5, 0.6) is 17.2 Å². The topological polar surface area (TPSA) is 140 Å². The molecule has 11 heteroatoms. The van der Waals surface area contributed by atoms with E-state index in [-0.39, 0.29) is 12.5 Å². The number of ether oxygens (including phenoxy) is 5. The summed E-state index contributed by atoms with van der Waals surface area (Å²) in [5, 5.41) is 14.7. The Labute approximate surface area is 179 Å². The van der Waals surface area contributed by atoms with E-state index in [1.54, 1.807) is 12.1 Å². The Bertz CT molecular complexity index is 868. The van der Waals surface area contributed by atoms with Crippen molar-refractivity contribution < 1.29 is 38.4 Å². The van der Waals surface area contributed by atoms with Gasteiger partial charge in [-0.25, -0.2) is 0 Å². The maximum atomic E-state index is 12.4. The van der Waals surface area contributed by atoms with Crippen molar-refractivity contribution in [2.24, 2.45) is 0 Å². The van der Waals surface area contributed by atoms with Crippen LogP contribution in [-0.4, -0.2) is 89.4 Å². The fourth-order valence-corrected chi connectivity index (χ4v) is 2.86. The largest absolute Gasteiger partial charge is 0.493 e. The number of rotatable bonds is 15. The highest BCUT2D eigenvalue weighted by atomic mass is 16.5. The summed E-state index contributed by atoms with van der Waals surface area (Å²) < 4.78 is 26.8. The third-order valence-electron chi connectivity index (χ3n) is 4.27. The highest BCUT2D eigenvalue weighted by molar-refractivity contribution is 6.00. The molecule has 0 unspecified atom stereocenters. The molecule has 31 heavy (non-hydrogen) atoms. The van der Waals surface area contributed by atoms with Crippen molar-refractivity contribution in [1.29, 1.82) is 0 Å². The first-order valence-electron chi connectivity index (χ1n) is 9.69. The lowest BCUT2D eigenvalue weighted by Gasteiger charge is -2.12. The lowest BCUT2D eigenvalue weighted by Crippen LogP contribution is -2.28. The molecule has 0 bridgehead atoms. The van der Waals surface area contributed by atoms with Gasteiger partial charge in [-0.3, -0.25) is 9.59 Å². The molecule has 0 aliphatic carbocycles. The van der Waals surface area contributed by atoms with Crippen molar-refractivity contribution in [3.63, 3.8) is 0 Å². The van der Waals surface area contributed by atoms with Crippen LogP contribution in [-0.2, 0) is 14.3 Å². The summed E-state index contributed by atoms with van der Waals surface area (Å²) >= 11 is 0. The molecule has 172 valence electrons. The number of benzene rings is 1. The molecule has 0 aliphatic heterocycles. The molecule has 0 atom stereocenters. The van der Waals surface area contributed by atoms with E-state index >= 15 is 0 Å². The van der Waals surface area contributed by atoms with Gasteiger partial charge in [0.15, 0.2) is 11.5 Å². The number of carbonyl (C=O) groups is 2. The van der Waals surface area contributed by atoms with Gasteiger partial charge in [0.2, 0.25) is 5.75 Å². The third-order valence-corrected chi connectivity index (χ3v) is 4.27. The van der Waals surface area contributed by atoms with Gasteiger partial charge >= 0.3 is 5.97 Å². The summed E-state index contributed by atoms with van der Waals surface area (Å²) in [4.78, 5) is 25.8. The van der Waals surface area contributed by atoms with E-state index in [1.807, 2.05) is 0 Å². The summed E-state index contributed by atoms with van der Waals surface area (Å²) in [5.41, 5.74) is 1.01. The lowest BCUT2D eigenvalue weighted by atomic mass is 10.2. The van der Waals surface area contributed by atoms with Crippen LogP contribution in [0.25, 0.3) is 10.9 Å². The van der Waals surface area contributed by atoms with Gasteiger partial charge in [-0.2, -0.15) is 0 Å². The number of hydrogen-bond donors (Lipinski definition) is 4. The minimum atomic E-state index is -0.906. The van der Waals surface area contributed by atoms with Crippen molar-refractivity contribution in [1.82, 2.24) is 15.6 Å². The number of aromatic amines is 1. The Hall–Kier alpha value is -3.02. The smallest absolute Gasteiger partial charge is 0.317 e. The van der Waals surface area contributed by atoms with Crippen molar-refractivity contribution >= 4 is 22.8 Å². The van der Waals surface area contributed by atoms with Gasteiger partial charge in [-0.15, -0.1) is 0 Å². The van der Waals surface area contributed by atoms with Crippen molar-refractivity contribution in [2.45, 2.75) is 0 Å². The van der Waals surface area contributed by atoms with Crippen molar-refractivity contribution in [3.05, 3.63) is 17.8 Å². The van der Waals surface area contributed by atoms with Gasteiger partial charge in [-0.1, -0.05) is 0 Å². The molecule has 0 aliphatic rings. The first-order chi connectivity index (χ1) is 15.0. The second-order valence-corrected chi connectivity index (χ2v) is 6.34. The quantitative estimate of drug-likeness (QED) is 0.294. The molecule has 1 aromatic carbocycles. The fraction of sp³-hybridized carbons (Fsp3) is 0.500. The molecule has 0 saturated heterocycles. The number of carbonyl (C=O) groups excluding carboxylic acids is 1. The minimum absolute atomic E-state index is 0.0935. The average Bonchev–Trinajstić information content (AvgIpc) is 3.19. The highest BCUT2D eigenvalue weighted by Gasteiger charge is 2.19. The second-order valence-electron chi connectivity index (χ2n) is 6.34. The van der Waals surface area contributed by atoms with Crippen LogP contribution >= 0.6 is 0 Å². The van der Waals surface area contributed by atoms with Gasteiger partial charge in [0.05, 0.1) is 59.8 Å². The zero-order chi connectivity index (χ0) is 22.6. The molecular formula is C20H29N3O8. The van der Waals surface area contributed by atoms with Crippen LogP contribution in [0.1, 0.15) is 10.5 Å². The molecule has 0 saturated carbocycles. The number of carboxylic acid groups (broad SMARTS) is 1. The molecule has 1 aromatic heterocycles. The summed E-state index contributed by atoms with van der Waals surface area (Å²) in [5.74, 6) is 0.222. The molecule has 0 fully saturated rings. The molecule has 0 spiro atoms. The SMILES string of the molecule is COc1cc2cc(C(=O)NCCOCCOCCNCC(=O)O)[nH]c2c(OC)c1OC. The summed E-state index contributed by atoms with van der Waals surface area (Å²) in [6, 6.07) is 3.48. The Balaban J connectivity index is 1.74. The van der Waals surface area contributed by atoms with Crippen LogP contribution in [0.15, 0.2) is 12.1 Å². The lowest BCUT2D eigenvalue weighted by molar-refractivity contribution is -0.136. The van der Waals surface area contributed by atoms with Crippen LogP contribution in [0.4, 0.5) is 0 Å². The van der Waals surface area contributed by atoms with Crippen LogP contribution in [0, 0.1) is 0 Å². The molecule has 1 amide bonds. The number of amides is 1. The van der Waals surface area contributed by atoms with Gasteiger partial charge in [0, 0.05) is 18.5 Å². The molecular weight excluding hydrogens is 410 g/mol. The van der Waals surface area contributed by atoms with Gasteiger partial charge in [0.1, 0.15) is 5.69 Å². The minimum Gasteiger partial charge on any atom is -0.493 e. The molecule has 2 rings (SSSR count). The van der Waals surface area contributed by atoms with E-state index in [0.29, 0.717) is 68.0 Å². The predicted octanol–water partition coefficient (Wildman–Crippen LogP) is 0.631. The summed E-state index contributed by atoms with van der Waals surface area (Å²) in [7, 11) is 4.57. The molecule has 0 radical (unpaired) electrons. The van der Waals surface area contributed by atoms with E-state index in [4.69, 9.17) is 28.8 Å². The van der Waals surface area contributed by atoms with Crippen molar-refractivity contribution in [2.75, 3.05) is 67.4 Å². The Morgan fingerprint density at radius 1 is 0.935 bits per heavy atom. The van der Waals surface area contributed by atoms with Gasteiger partial charge < -0.3 is 44.4 Å². The predicted molar refractivity (Wildman–Crippen MR) is 112 cm³/mol. The zero-order valence-electron chi connectivity index (χ0n) is 17.9. The van der Waals surface area contributed by atoms with E-state index < -0.39 is 5.97 Å². The third kappa shape index (κ3) is 7.02. The van der Waals surface area contributed by atoms with Gasteiger partial charge in [0.25, 0.3) is 5.91 Å². The van der Waals surface area contributed by atoms with E-state index in [0.717, 1.165) is 5.39 Å². The first-order valence-corrected chi connectivity index (χ1v) is 9.69. The van der Waals surface area contributed by atoms with E-state index in [1.165, 1.54) is 21.3 Å². The molecule has 11 nitrogen and oxygen atoms in total. The highest BCUT2D eigenvalue weighted by Crippen LogP contribution is 2.43. The normalized spacial score (nSPS) is 10.8. The number of aliphatic carboxylic acids is 1. The maximum absolute atomic E-state index is 12.4. The number of methoxy groups -OCH3 is 3. The number of carboxylic acids is 1. The average molecular weight is 439 g/mol.